The highest BCUT2D eigenvalue weighted by atomic mass is 35.5. The lowest BCUT2D eigenvalue weighted by atomic mass is 10.1. The molecule has 0 amide bonds. The number of ether oxygens (including phenoxy) is 1. The predicted molar refractivity (Wildman–Crippen MR) is 57.8 cm³/mol. The molecule has 0 unspecified atom stereocenters. The molecule has 0 bridgehead atoms. The molecule has 0 saturated heterocycles. The maximum absolute atomic E-state index is 11.8. The largest absolute Gasteiger partial charge is 0.488 e. The summed E-state index contributed by atoms with van der Waals surface area (Å²) in [5.41, 5.74) is 7.41. The van der Waals surface area contributed by atoms with Crippen molar-refractivity contribution in [2.45, 2.75) is 19.9 Å². The van der Waals surface area contributed by atoms with Crippen LogP contribution in [0, 0.1) is 6.92 Å². The SMILES string of the molecule is Cc1cc(OCC(F)F)ccc1CN.Cl. The van der Waals surface area contributed by atoms with E-state index in [1.54, 1.807) is 18.2 Å². The maximum Gasteiger partial charge on any atom is 0.272 e. The van der Waals surface area contributed by atoms with Crippen LogP contribution >= 0.6 is 12.4 Å². The zero-order valence-electron chi connectivity index (χ0n) is 8.37. The highest BCUT2D eigenvalue weighted by molar-refractivity contribution is 5.85. The van der Waals surface area contributed by atoms with Crippen molar-refractivity contribution in [3.8, 4) is 5.75 Å². The molecule has 2 N–H and O–H groups in total. The average molecular weight is 238 g/mol. The van der Waals surface area contributed by atoms with Crippen molar-refractivity contribution >= 4 is 12.4 Å². The summed E-state index contributed by atoms with van der Waals surface area (Å²) >= 11 is 0. The second-order valence-electron chi connectivity index (χ2n) is 2.99. The number of hydrogen-bond acceptors (Lipinski definition) is 2. The van der Waals surface area contributed by atoms with Gasteiger partial charge < -0.3 is 10.5 Å². The number of halogens is 3. The molecule has 0 fully saturated rings. The minimum Gasteiger partial charge on any atom is -0.488 e. The normalized spacial score (nSPS) is 9.93. The van der Waals surface area contributed by atoms with Crippen LogP contribution in [0.5, 0.6) is 5.75 Å². The van der Waals surface area contributed by atoms with Crippen molar-refractivity contribution in [2.24, 2.45) is 5.73 Å². The maximum atomic E-state index is 11.8. The predicted octanol–water partition coefficient (Wildman–Crippen LogP) is 2.52. The summed E-state index contributed by atoms with van der Waals surface area (Å²) < 4.78 is 28.5. The molecule has 1 aromatic carbocycles. The molecule has 0 aliphatic heterocycles. The van der Waals surface area contributed by atoms with Gasteiger partial charge in [0, 0.05) is 6.54 Å². The van der Waals surface area contributed by atoms with Gasteiger partial charge in [0.25, 0.3) is 6.43 Å². The first-order chi connectivity index (χ1) is 6.63. The molecule has 0 aromatic heterocycles. The van der Waals surface area contributed by atoms with Crippen LogP contribution in [0.25, 0.3) is 0 Å². The third-order valence-corrected chi connectivity index (χ3v) is 1.91. The second-order valence-corrected chi connectivity index (χ2v) is 2.99. The summed E-state index contributed by atoms with van der Waals surface area (Å²) in [6.07, 6.45) is -2.44. The Balaban J connectivity index is 0.00000196. The van der Waals surface area contributed by atoms with Gasteiger partial charge in [0.1, 0.15) is 12.4 Å². The molecule has 0 atom stereocenters. The van der Waals surface area contributed by atoms with Crippen molar-refractivity contribution in [1.29, 1.82) is 0 Å². The van der Waals surface area contributed by atoms with Crippen molar-refractivity contribution in [3.05, 3.63) is 29.3 Å². The lowest BCUT2D eigenvalue weighted by Gasteiger charge is -2.08. The van der Waals surface area contributed by atoms with E-state index in [-0.39, 0.29) is 12.4 Å². The van der Waals surface area contributed by atoms with Gasteiger partial charge in [-0.2, -0.15) is 0 Å². The van der Waals surface area contributed by atoms with Gasteiger partial charge >= 0.3 is 0 Å². The summed E-state index contributed by atoms with van der Waals surface area (Å²) in [4.78, 5) is 0. The van der Waals surface area contributed by atoms with Crippen LogP contribution in [-0.2, 0) is 6.54 Å². The first kappa shape index (κ1) is 14.1. The highest BCUT2D eigenvalue weighted by Crippen LogP contribution is 2.17. The Labute approximate surface area is 93.8 Å². The van der Waals surface area contributed by atoms with Gasteiger partial charge in [0.2, 0.25) is 0 Å². The van der Waals surface area contributed by atoms with E-state index >= 15 is 0 Å². The molecule has 0 heterocycles. The second kappa shape index (κ2) is 6.58. The van der Waals surface area contributed by atoms with Crippen molar-refractivity contribution in [2.75, 3.05) is 6.61 Å². The Morgan fingerprint density at radius 3 is 2.53 bits per heavy atom. The molecule has 2 nitrogen and oxygen atoms in total. The van der Waals surface area contributed by atoms with E-state index < -0.39 is 13.0 Å². The number of rotatable bonds is 4. The Bertz CT molecular complexity index is 307. The first-order valence-electron chi connectivity index (χ1n) is 4.34. The van der Waals surface area contributed by atoms with Gasteiger partial charge in [-0.15, -0.1) is 12.4 Å². The van der Waals surface area contributed by atoms with Crippen LogP contribution < -0.4 is 10.5 Å². The summed E-state index contributed by atoms with van der Waals surface area (Å²) in [5.74, 6) is 0.458. The van der Waals surface area contributed by atoms with Gasteiger partial charge in [0.15, 0.2) is 0 Å². The molecule has 0 aliphatic carbocycles. The van der Waals surface area contributed by atoms with E-state index in [2.05, 4.69) is 0 Å². The average Bonchev–Trinajstić information content (AvgIpc) is 2.15. The fourth-order valence-electron chi connectivity index (χ4n) is 1.15. The van der Waals surface area contributed by atoms with Crippen LogP contribution in [0.15, 0.2) is 18.2 Å². The molecule has 0 saturated carbocycles. The molecule has 5 heteroatoms. The highest BCUT2D eigenvalue weighted by Gasteiger charge is 2.04. The van der Waals surface area contributed by atoms with Crippen LogP contribution in [0.1, 0.15) is 11.1 Å². The molecular formula is C10H14ClF2NO. The first-order valence-corrected chi connectivity index (χ1v) is 4.34. The van der Waals surface area contributed by atoms with Gasteiger partial charge in [-0.3, -0.25) is 0 Å². The third-order valence-electron chi connectivity index (χ3n) is 1.91. The van der Waals surface area contributed by atoms with Crippen molar-refractivity contribution < 1.29 is 13.5 Å². The smallest absolute Gasteiger partial charge is 0.272 e. The number of alkyl halides is 2. The Hall–Kier alpha value is -0.870. The van der Waals surface area contributed by atoms with E-state index in [9.17, 15) is 8.78 Å². The summed E-state index contributed by atoms with van der Waals surface area (Å²) in [6, 6.07) is 5.15. The monoisotopic (exact) mass is 237 g/mol. The summed E-state index contributed by atoms with van der Waals surface area (Å²) in [7, 11) is 0. The zero-order chi connectivity index (χ0) is 10.6. The minimum atomic E-state index is -2.44. The Kier molecular flexibility index (Phi) is 6.20. The zero-order valence-corrected chi connectivity index (χ0v) is 9.19. The Morgan fingerprint density at radius 1 is 1.40 bits per heavy atom. The lowest BCUT2D eigenvalue weighted by molar-refractivity contribution is 0.0818. The molecule has 0 radical (unpaired) electrons. The number of aryl methyl sites for hydroxylation is 1. The van der Waals surface area contributed by atoms with E-state index in [4.69, 9.17) is 10.5 Å². The third kappa shape index (κ3) is 4.44. The molecule has 86 valence electrons. The quantitative estimate of drug-likeness (QED) is 0.874. The van der Waals surface area contributed by atoms with Gasteiger partial charge in [-0.1, -0.05) is 6.07 Å². The summed E-state index contributed by atoms with van der Waals surface area (Å²) in [6.45, 7) is 1.75. The van der Waals surface area contributed by atoms with Gasteiger partial charge in [-0.05, 0) is 30.2 Å². The van der Waals surface area contributed by atoms with Crippen LogP contribution in [-0.4, -0.2) is 13.0 Å². The van der Waals surface area contributed by atoms with Crippen LogP contribution in [0.4, 0.5) is 8.78 Å². The minimum absolute atomic E-state index is 0. The molecular weight excluding hydrogens is 224 g/mol. The molecule has 0 spiro atoms. The lowest BCUT2D eigenvalue weighted by Crippen LogP contribution is -2.07. The fraction of sp³-hybridized carbons (Fsp3) is 0.400. The topological polar surface area (TPSA) is 35.2 Å². The molecule has 0 aliphatic rings. The summed E-state index contributed by atoms with van der Waals surface area (Å²) in [5, 5.41) is 0. The molecule has 15 heavy (non-hydrogen) atoms. The van der Waals surface area contributed by atoms with Gasteiger partial charge in [-0.25, -0.2) is 8.78 Å². The van der Waals surface area contributed by atoms with E-state index in [0.29, 0.717) is 12.3 Å². The number of benzene rings is 1. The Morgan fingerprint density at radius 2 is 2.07 bits per heavy atom. The molecule has 1 aromatic rings. The van der Waals surface area contributed by atoms with Crippen LogP contribution in [0.3, 0.4) is 0 Å². The number of nitrogens with two attached hydrogens (primary N) is 1. The van der Waals surface area contributed by atoms with E-state index in [0.717, 1.165) is 11.1 Å². The van der Waals surface area contributed by atoms with Crippen molar-refractivity contribution in [1.82, 2.24) is 0 Å². The van der Waals surface area contributed by atoms with Crippen molar-refractivity contribution in [3.63, 3.8) is 0 Å². The number of hydrogen-bond donors (Lipinski definition) is 1. The van der Waals surface area contributed by atoms with Crippen LogP contribution in [0.2, 0.25) is 0 Å². The van der Waals surface area contributed by atoms with Gasteiger partial charge in [0.05, 0.1) is 0 Å². The van der Waals surface area contributed by atoms with E-state index in [1.165, 1.54) is 0 Å². The standard InChI is InChI=1S/C10H13F2NO.ClH/c1-7-4-9(14-6-10(11)12)3-2-8(7)5-13;/h2-4,10H,5-6,13H2,1H3;1H. The van der Waals surface area contributed by atoms with E-state index in [1.807, 2.05) is 6.92 Å². The molecule has 1 rings (SSSR count). The fourth-order valence-corrected chi connectivity index (χ4v) is 1.15.